The largest absolute Gasteiger partial charge is 0.372 e. The van der Waals surface area contributed by atoms with Crippen molar-refractivity contribution in [2.75, 3.05) is 6.54 Å². The molecule has 0 radical (unpaired) electrons. The Kier molecular flexibility index (Phi) is 3.31. The zero-order chi connectivity index (χ0) is 13.5. The van der Waals surface area contributed by atoms with Gasteiger partial charge in [0.1, 0.15) is 0 Å². The summed E-state index contributed by atoms with van der Waals surface area (Å²) in [4.78, 5) is 0. The van der Waals surface area contributed by atoms with Gasteiger partial charge in [0.25, 0.3) is 0 Å². The van der Waals surface area contributed by atoms with Crippen LogP contribution in [0.3, 0.4) is 0 Å². The molecule has 0 saturated heterocycles. The normalized spacial score (nSPS) is 32.5. The van der Waals surface area contributed by atoms with Gasteiger partial charge in [-0.25, -0.2) is 0 Å². The summed E-state index contributed by atoms with van der Waals surface area (Å²) in [5.74, 6) is 2.84. The average Bonchev–Trinajstić information content (AvgIpc) is 3.19. The Labute approximate surface area is 121 Å². The highest BCUT2D eigenvalue weighted by molar-refractivity contribution is 5.35. The van der Waals surface area contributed by atoms with Crippen LogP contribution in [-0.2, 0) is 18.0 Å². The molecule has 1 heterocycles. The molecule has 2 heteroatoms. The highest BCUT2D eigenvalue weighted by Gasteiger charge is 2.43. The summed E-state index contributed by atoms with van der Waals surface area (Å²) in [6.45, 7) is 4.90. The van der Waals surface area contributed by atoms with Gasteiger partial charge >= 0.3 is 0 Å². The Hall–Kier alpha value is -0.860. The molecular weight excluding hydrogens is 246 g/mol. The van der Waals surface area contributed by atoms with E-state index in [4.69, 9.17) is 4.74 Å². The van der Waals surface area contributed by atoms with E-state index in [1.807, 2.05) is 0 Å². The van der Waals surface area contributed by atoms with Crippen molar-refractivity contribution in [3.63, 3.8) is 0 Å². The Balaban J connectivity index is 1.62. The number of hydrogen-bond donors (Lipinski definition) is 1. The summed E-state index contributed by atoms with van der Waals surface area (Å²) in [5.41, 5.74) is 4.29. The molecule has 4 atom stereocenters. The topological polar surface area (TPSA) is 21.3 Å². The van der Waals surface area contributed by atoms with Crippen molar-refractivity contribution in [2.45, 2.75) is 51.9 Å². The van der Waals surface area contributed by atoms with Crippen LogP contribution in [0.1, 0.15) is 55.3 Å². The van der Waals surface area contributed by atoms with Gasteiger partial charge in [0.15, 0.2) is 0 Å². The molecule has 0 spiro atoms. The Morgan fingerprint density at radius 1 is 1.20 bits per heavy atom. The van der Waals surface area contributed by atoms with E-state index in [-0.39, 0.29) is 0 Å². The van der Waals surface area contributed by atoms with Crippen LogP contribution >= 0.6 is 0 Å². The first kappa shape index (κ1) is 12.8. The predicted octanol–water partition coefficient (Wildman–Crippen LogP) is 3.80. The minimum absolute atomic E-state index is 0.557. The number of nitrogens with one attached hydrogen (secondary N) is 1. The Morgan fingerprint density at radius 2 is 2.10 bits per heavy atom. The minimum Gasteiger partial charge on any atom is -0.372 e. The van der Waals surface area contributed by atoms with Crippen LogP contribution in [0, 0.1) is 17.8 Å². The fourth-order valence-corrected chi connectivity index (χ4v) is 4.82. The van der Waals surface area contributed by atoms with Crippen LogP contribution in [0.25, 0.3) is 0 Å². The fraction of sp³-hybridized carbons (Fsp3) is 0.667. The standard InChI is InChI=1S/C18H25NO/c1-2-19-18(17-8-12-3-4-13(17)7-12)14-5-6-15-10-20-11-16(15)9-14/h5-6,9,12-13,17-19H,2-4,7-8,10-11H2,1H3. The molecule has 0 amide bonds. The van der Waals surface area contributed by atoms with Gasteiger partial charge in [0, 0.05) is 6.04 Å². The van der Waals surface area contributed by atoms with Crippen molar-refractivity contribution >= 4 is 0 Å². The lowest BCUT2D eigenvalue weighted by Gasteiger charge is -2.32. The molecule has 2 fully saturated rings. The second-order valence-electron chi connectivity index (χ2n) is 6.90. The summed E-state index contributed by atoms with van der Waals surface area (Å²) in [6.07, 6.45) is 5.87. The lowest BCUT2D eigenvalue weighted by molar-refractivity contribution is 0.134. The minimum atomic E-state index is 0.557. The first-order chi connectivity index (χ1) is 9.85. The zero-order valence-electron chi connectivity index (χ0n) is 12.4. The molecule has 0 aromatic heterocycles. The highest BCUT2D eigenvalue weighted by atomic mass is 16.5. The van der Waals surface area contributed by atoms with Crippen LogP contribution < -0.4 is 5.32 Å². The van der Waals surface area contributed by atoms with Crippen molar-refractivity contribution in [3.05, 3.63) is 34.9 Å². The lowest BCUT2D eigenvalue weighted by atomic mass is 9.80. The van der Waals surface area contributed by atoms with Gasteiger partial charge in [-0.05, 0) is 60.3 Å². The van der Waals surface area contributed by atoms with Crippen molar-refractivity contribution in [1.29, 1.82) is 0 Å². The second kappa shape index (κ2) is 5.16. The van der Waals surface area contributed by atoms with E-state index in [9.17, 15) is 0 Å². The summed E-state index contributed by atoms with van der Waals surface area (Å²) in [5, 5.41) is 3.78. The van der Waals surface area contributed by atoms with Gasteiger partial charge in [0.2, 0.25) is 0 Å². The summed E-state index contributed by atoms with van der Waals surface area (Å²) in [7, 11) is 0. The molecule has 4 unspecified atom stereocenters. The van der Waals surface area contributed by atoms with Gasteiger partial charge in [-0.2, -0.15) is 0 Å². The first-order valence-corrected chi connectivity index (χ1v) is 8.28. The van der Waals surface area contributed by atoms with Crippen LogP contribution in [0.5, 0.6) is 0 Å². The highest BCUT2D eigenvalue weighted by Crippen LogP contribution is 2.52. The average molecular weight is 271 g/mol. The fourth-order valence-electron chi connectivity index (χ4n) is 4.82. The van der Waals surface area contributed by atoms with Crippen molar-refractivity contribution in [3.8, 4) is 0 Å². The molecule has 1 aromatic carbocycles. The van der Waals surface area contributed by atoms with E-state index >= 15 is 0 Å². The molecule has 20 heavy (non-hydrogen) atoms. The van der Waals surface area contributed by atoms with Gasteiger partial charge in [-0.15, -0.1) is 0 Å². The number of ether oxygens (including phenoxy) is 1. The summed E-state index contributed by atoms with van der Waals surface area (Å²) >= 11 is 0. The van der Waals surface area contributed by atoms with Crippen molar-refractivity contribution < 1.29 is 4.74 Å². The summed E-state index contributed by atoms with van der Waals surface area (Å²) in [6, 6.07) is 7.59. The van der Waals surface area contributed by atoms with Crippen LogP contribution in [0.2, 0.25) is 0 Å². The molecule has 1 aliphatic heterocycles. The third kappa shape index (κ3) is 2.10. The predicted molar refractivity (Wildman–Crippen MR) is 80.3 cm³/mol. The SMILES string of the molecule is CCNC(c1ccc2c(c1)COC2)C1CC2CCC1C2. The monoisotopic (exact) mass is 271 g/mol. The van der Waals surface area contributed by atoms with Gasteiger partial charge in [0.05, 0.1) is 13.2 Å². The van der Waals surface area contributed by atoms with E-state index in [1.165, 1.54) is 42.4 Å². The maximum absolute atomic E-state index is 5.56. The molecular formula is C18H25NO. The lowest BCUT2D eigenvalue weighted by Crippen LogP contribution is -2.31. The van der Waals surface area contributed by atoms with Gasteiger partial charge < -0.3 is 10.1 Å². The number of rotatable bonds is 4. The maximum atomic E-state index is 5.56. The van der Waals surface area contributed by atoms with Crippen LogP contribution in [-0.4, -0.2) is 6.54 Å². The molecule has 4 rings (SSSR count). The van der Waals surface area contributed by atoms with Crippen molar-refractivity contribution in [2.24, 2.45) is 17.8 Å². The molecule has 2 nitrogen and oxygen atoms in total. The quantitative estimate of drug-likeness (QED) is 0.899. The molecule has 3 aliphatic rings. The molecule has 2 bridgehead atoms. The van der Waals surface area contributed by atoms with E-state index in [0.29, 0.717) is 6.04 Å². The van der Waals surface area contributed by atoms with Crippen LogP contribution in [0.4, 0.5) is 0 Å². The van der Waals surface area contributed by atoms with Gasteiger partial charge in [-0.1, -0.05) is 31.5 Å². The van der Waals surface area contributed by atoms with E-state index in [0.717, 1.165) is 37.5 Å². The third-order valence-electron chi connectivity index (χ3n) is 5.75. The first-order valence-electron chi connectivity index (χ1n) is 8.28. The Bertz CT molecular complexity index is 498. The molecule has 2 aliphatic carbocycles. The second-order valence-corrected chi connectivity index (χ2v) is 6.90. The molecule has 2 saturated carbocycles. The van der Waals surface area contributed by atoms with Crippen molar-refractivity contribution in [1.82, 2.24) is 5.32 Å². The molecule has 1 aromatic rings. The number of hydrogen-bond acceptors (Lipinski definition) is 2. The number of benzene rings is 1. The third-order valence-corrected chi connectivity index (χ3v) is 5.75. The molecule has 1 N–H and O–H groups in total. The number of fused-ring (bicyclic) bond motifs is 3. The molecule has 108 valence electrons. The Morgan fingerprint density at radius 3 is 2.85 bits per heavy atom. The van der Waals surface area contributed by atoms with E-state index in [1.54, 1.807) is 0 Å². The van der Waals surface area contributed by atoms with Crippen LogP contribution in [0.15, 0.2) is 18.2 Å². The zero-order valence-corrected chi connectivity index (χ0v) is 12.4. The van der Waals surface area contributed by atoms with Gasteiger partial charge in [-0.3, -0.25) is 0 Å². The summed E-state index contributed by atoms with van der Waals surface area (Å²) < 4.78 is 5.56. The van der Waals surface area contributed by atoms with E-state index < -0.39 is 0 Å². The maximum Gasteiger partial charge on any atom is 0.0725 e. The smallest absolute Gasteiger partial charge is 0.0725 e. The van der Waals surface area contributed by atoms with E-state index in [2.05, 4.69) is 30.4 Å².